The third-order valence-corrected chi connectivity index (χ3v) is 3.45. The summed E-state index contributed by atoms with van der Waals surface area (Å²) in [4.78, 5) is 23.6. The van der Waals surface area contributed by atoms with Crippen molar-refractivity contribution in [1.82, 2.24) is 10.6 Å². The largest absolute Gasteiger partial charge is 0.373 e. The first-order valence-corrected chi connectivity index (χ1v) is 7.45. The zero-order valence-corrected chi connectivity index (χ0v) is 12.6. The van der Waals surface area contributed by atoms with Crippen LogP contribution < -0.4 is 16.0 Å². The molecule has 1 aromatic carbocycles. The van der Waals surface area contributed by atoms with Crippen LogP contribution in [0.5, 0.6) is 0 Å². The highest BCUT2D eigenvalue weighted by atomic mass is 16.2. The van der Waals surface area contributed by atoms with Gasteiger partial charge in [-0.3, -0.25) is 9.59 Å². The van der Waals surface area contributed by atoms with Gasteiger partial charge in [0.1, 0.15) is 6.04 Å². The lowest BCUT2D eigenvalue weighted by Crippen LogP contribution is -2.40. The van der Waals surface area contributed by atoms with Crippen molar-refractivity contribution in [3.63, 3.8) is 0 Å². The van der Waals surface area contributed by atoms with Gasteiger partial charge in [-0.15, -0.1) is 0 Å². The van der Waals surface area contributed by atoms with E-state index in [4.69, 9.17) is 0 Å². The summed E-state index contributed by atoms with van der Waals surface area (Å²) in [5.41, 5.74) is 2.18. The number of hydrogen-bond donors (Lipinski definition) is 3. The zero-order chi connectivity index (χ0) is 15.2. The van der Waals surface area contributed by atoms with Crippen LogP contribution in [0.4, 0.5) is 5.69 Å². The van der Waals surface area contributed by atoms with Crippen LogP contribution in [-0.4, -0.2) is 30.9 Å². The van der Waals surface area contributed by atoms with Crippen LogP contribution in [0.1, 0.15) is 25.8 Å². The topological polar surface area (TPSA) is 70.2 Å². The van der Waals surface area contributed by atoms with E-state index in [1.165, 1.54) is 0 Å². The van der Waals surface area contributed by atoms with E-state index in [1.807, 2.05) is 38.1 Å². The molecule has 0 saturated heterocycles. The third kappa shape index (κ3) is 4.48. The van der Waals surface area contributed by atoms with Gasteiger partial charge in [0.15, 0.2) is 0 Å². The van der Waals surface area contributed by atoms with Crippen molar-refractivity contribution in [2.75, 3.05) is 18.4 Å². The molecule has 21 heavy (non-hydrogen) atoms. The van der Waals surface area contributed by atoms with Crippen LogP contribution >= 0.6 is 0 Å². The van der Waals surface area contributed by atoms with E-state index >= 15 is 0 Å². The van der Waals surface area contributed by atoms with Gasteiger partial charge in [0.05, 0.1) is 0 Å². The predicted octanol–water partition coefficient (Wildman–Crippen LogP) is 1.30. The summed E-state index contributed by atoms with van der Waals surface area (Å²) in [6, 6.07) is 7.68. The number of anilines is 1. The van der Waals surface area contributed by atoms with Crippen molar-refractivity contribution < 1.29 is 9.59 Å². The van der Waals surface area contributed by atoms with Gasteiger partial charge in [-0.1, -0.05) is 32.0 Å². The summed E-state index contributed by atoms with van der Waals surface area (Å²) in [5, 5.41) is 8.85. The molecule has 1 aliphatic rings. The number of carbonyl (C=O) groups excluding carboxylic acids is 2. The molecule has 0 aliphatic carbocycles. The number of para-hydroxylation sites is 1. The highest BCUT2D eigenvalue weighted by Gasteiger charge is 2.25. The summed E-state index contributed by atoms with van der Waals surface area (Å²) in [6.45, 7) is 5.14. The molecule has 1 atom stereocenters. The highest BCUT2D eigenvalue weighted by Crippen LogP contribution is 2.24. The number of rotatable bonds is 6. The minimum atomic E-state index is -0.235. The second-order valence-electron chi connectivity index (χ2n) is 5.80. The molecule has 3 N–H and O–H groups in total. The SMILES string of the molecule is CC(C)CNC(=O)CCNC(=O)C1Cc2ccccc2N1. The average Bonchev–Trinajstić information content (AvgIpc) is 2.89. The number of benzene rings is 1. The Morgan fingerprint density at radius 2 is 2.05 bits per heavy atom. The van der Waals surface area contributed by atoms with Gasteiger partial charge >= 0.3 is 0 Å². The van der Waals surface area contributed by atoms with Gasteiger partial charge in [-0.25, -0.2) is 0 Å². The van der Waals surface area contributed by atoms with Crippen molar-refractivity contribution in [2.24, 2.45) is 5.92 Å². The molecule has 0 fully saturated rings. The fraction of sp³-hybridized carbons (Fsp3) is 0.500. The minimum absolute atomic E-state index is 0.0216. The quantitative estimate of drug-likeness (QED) is 0.739. The number of nitrogens with one attached hydrogen (secondary N) is 3. The van der Waals surface area contributed by atoms with Crippen molar-refractivity contribution >= 4 is 17.5 Å². The van der Waals surface area contributed by atoms with Gasteiger partial charge in [0.2, 0.25) is 11.8 Å². The zero-order valence-electron chi connectivity index (χ0n) is 12.6. The summed E-state index contributed by atoms with van der Waals surface area (Å²) < 4.78 is 0. The summed E-state index contributed by atoms with van der Waals surface area (Å²) in [6.07, 6.45) is 1.01. The Bertz CT molecular complexity index is 489. The molecular weight excluding hydrogens is 266 g/mol. The summed E-state index contributed by atoms with van der Waals surface area (Å²) in [5.74, 6) is 0.360. The van der Waals surface area contributed by atoms with Crippen molar-refractivity contribution in [3.8, 4) is 0 Å². The van der Waals surface area contributed by atoms with Crippen LogP contribution in [0.25, 0.3) is 0 Å². The molecule has 1 unspecified atom stereocenters. The monoisotopic (exact) mass is 289 g/mol. The Morgan fingerprint density at radius 3 is 2.76 bits per heavy atom. The first-order valence-electron chi connectivity index (χ1n) is 7.45. The maximum Gasteiger partial charge on any atom is 0.242 e. The van der Waals surface area contributed by atoms with Gasteiger partial charge < -0.3 is 16.0 Å². The van der Waals surface area contributed by atoms with Crippen LogP contribution in [0, 0.1) is 5.92 Å². The average molecular weight is 289 g/mol. The molecule has 1 heterocycles. The van der Waals surface area contributed by atoms with Crippen molar-refractivity contribution in [3.05, 3.63) is 29.8 Å². The molecule has 5 heteroatoms. The first-order chi connectivity index (χ1) is 10.1. The van der Waals surface area contributed by atoms with Crippen molar-refractivity contribution in [1.29, 1.82) is 0 Å². The second kappa shape index (κ2) is 7.11. The van der Waals surface area contributed by atoms with Gasteiger partial charge in [-0.2, -0.15) is 0 Å². The molecule has 5 nitrogen and oxygen atoms in total. The molecule has 2 rings (SSSR count). The summed E-state index contributed by atoms with van der Waals surface area (Å²) >= 11 is 0. The molecule has 0 saturated carbocycles. The lowest BCUT2D eigenvalue weighted by molar-refractivity contribution is -0.122. The smallest absolute Gasteiger partial charge is 0.242 e. The fourth-order valence-corrected chi connectivity index (χ4v) is 2.28. The lowest BCUT2D eigenvalue weighted by atomic mass is 10.1. The van der Waals surface area contributed by atoms with Gasteiger partial charge in [0.25, 0.3) is 0 Å². The molecule has 2 amide bonds. The van der Waals surface area contributed by atoms with Gasteiger partial charge in [-0.05, 0) is 17.5 Å². The van der Waals surface area contributed by atoms with E-state index in [1.54, 1.807) is 0 Å². The molecule has 0 radical (unpaired) electrons. The molecule has 114 valence electrons. The lowest BCUT2D eigenvalue weighted by Gasteiger charge is -2.12. The third-order valence-electron chi connectivity index (χ3n) is 3.45. The van der Waals surface area contributed by atoms with E-state index in [9.17, 15) is 9.59 Å². The van der Waals surface area contributed by atoms with E-state index in [0.29, 0.717) is 31.8 Å². The molecule has 0 bridgehead atoms. The predicted molar refractivity (Wildman–Crippen MR) is 83.0 cm³/mol. The van der Waals surface area contributed by atoms with Crippen LogP contribution in [0.15, 0.2) is 24.3 Å². The van der Waals surface area contributed by atoms with Gasteiger partial charge in [0, 0.05) is 31.6 Å². The highest BCUT2D eigenvalue weighted by molar-refractivity contribution is 5.87. The Kier molecular flexibility index (Phi) is 5.20. The molecule has 1 aliphatic heterocycles. The number of carbonyl (C=O) groups is 2. The van der Waals surface area contributed by atoms with Crippen LogP contribution in [0.3, 0.4) is 0 Å². The Hall–Kier alpha value is -2.04. The fourth-order valence-electron chi connectivity index (χ4n) is 2.28. The summed E-state index contributed by atoms with van der Waals surface area (Å²) in [7, 11) is 0. The van der Waals surface area contributed by atoms with Crippen LogP contribution in [0.2, 0.25) is 0 Å². The van der Waals surface area contributed by atoms with E-state index in [2.05, 4.69) is 16.0 Å². The van der Waals surface area contributed by atoms with Crippen LogP contribution in [-0.2, 0) is 16.0 Å². The standard InChI is InChI=1S/C16H23N3O2/c1-11(2)10-18-15(20)7-8-17-16(21)14-9-12-5-3-4-6-13(12)19-14/h3-6,11,14,19H,7-10H2,1-2H3,(H,17,21)(H,18,20). The first kappa shape index (κ1) is 15.4. The minimum Gasteiger partial charge on any atom is -0.373 e. The number of fused-ring (bicyclic) bond motifs is 1. The Labute approximate surface area is 125 Å². The van der Waals surface area contributed by atoms with E-state index in [0.717, 1.165) is 11.3 Å². The van der Waals surface area contributed by atoms with E-state index < -0.39 is 0 Å². The molecule has 0 aromatic heterocycles. The van der Waals surface area contributed by atoms with Crippen molar-refractivity contribution in [2.45, 2.75) is 32.7 Å². The van der Waals surface area contributed by atoms with E-state index in [-0.39, 0.29) is 17.9 Å². The molecular formula is C16H23N3O2. The number of hydrogen-bond acceptors (Lipinski definition) is 3. The maximum atomic E-state index is 12.1. The Balaban J connectivity index is 1.68. The second-order valence-corrected chi connectivity index (χ2v) is 5.80. The Morgan fingerprint density at radius 1 is 1.29 bits per heavy atom. The molecule has 0 spiro atoms. The molecule has 1 aromatic rings. The maximum absolute atomic E-state index is 12.1. The normalized spacial score (nSPS) is 16.2. The number of amides is 2.